The lowest BCUT2D eigenvalue weighted by atomic mass is 10.2. The van der Waals surface area contributed by atoms with Gasteiger partial charge in [0.1, 0.15) is 4.90 Å². The van der Waals surface area contributed by atoms with Gasteiger partial charge in [-0.05, 0) is 24.6 Å². The Morgan fingerprint density at radius 2 is 2.21 bits per heavy atom. The molecule has 1 aromatic carbocycles. The predicted molar refractivity (Wildman–Crippen MR) is 79.7 cm³/mol. The lowest BCUT2D eigenvalue weighted by Gasteiger charge is -2.08. The third-order valence-corrected chi connectivity index (χ3v) is 4.27. The summed E-state index contributed by atoms with van der Waals surface area (Å²) in [7, 11) is -3.60. The highest BCUT2D eigenvalue weighted by molar-refractivity contribution is 9.11. The van der Waals surface area contributed by atoms with E-state index >= 15 is 0 Å². The first-order valence-electron chi connectivity index (χ1n) is 5.58. The molecule has 0 spiro atoms. The van der Waals surface area contributed by atoms with Crippen LogP contribution in [0.25, 0.3) is 10.9 Å². The molecule has 0 fully saturated rings. The molecule has 0 aliphatic rings. The summed E-state index contributed by atoms with van der Waals surface area (Å²) in [5, 5.41) is 0.806. The SMILES string of the molecule is C=C(Br)CNS(=O)(=O)c1cccc2cc(C)cnc12. The summed E-state index contributed by atoms with van der Waals surface area (Å²) in [6.45, 7) is 5.66. The van der Waals surface area contributed by atoms with E-state index in [0.29, 0.717) is 10.00 Å². The van der Waals surface area contributed by atoms with E-state index in [2.05, 4.69) is 32.2 Å². The fraction of sp³-hybridized carbons (Fsp3) is 0.154. The molecule has 0 saturated carbocycles. The summed E-state index contributed by atoms with van der Waals surface area (Å²) in [6, 6.07) is 7.01. The van der Waals surface area contributed by atoms with Crippen LogP contribution in [0.3, 0.4) is 0 Å². The molecule has 1 aromatic heterocycles. The maximum absolute atomic E-state index is 12.2. The number of halogens is 1. The van der Waals surface area contributed by atoms with Gasteiger partial charge in [0.2, 0.25) is 10.0 Å². The van der Waals surface area contributed by atoms with Crippen molar-refractivity contribution in [1.82, 2.24) is 9.71 Å². The highest BCUT2D eigenvalue weighted by Gasteiger charge is 2.17. The van der Waals surface area contributed by atoms with Crippen LogP contribution in [0.2, 0.25) is 0 Å². The van der Waals surface area contributed by atoms with Crippen LogP contribution in [0.5, 0.6) is 0 Å². The highest BCUT2D eigenvalue weighted by atomic mass is 79.9. The van der Waals surface area contributed by atoms with Gasteiger partial charge < -0.3 is 0 Å². The summed E-state index contributed by atoms with van der Waals surface area (Å²) < 4.78 is 27.5. The van der Waals surface area contributed by atoms with Crippen molar-refractivity contribution >= 4 is 36.9 Å². The smallest absolute Gasteiger partial charge is 0.243 e. The Bertz CT molecular complexity index is 741. The number of aromatic nitrogens is 1. The minimum Gasteiger partial charge on any atom is -0.255 e. The van der Waals surface area contributed by atoms with Gasteiger partial charge in [0.05, 0.1) is 5.52 Å². The Labute approximate surface area is 120 Å². The first kappa shape index (κ1) is 14.2. The first-order chi connectivity index (χ1) is 8.90. The molecular weight excluding hydrogens is 328 g/mol. The zero-order valence-electron chi connectivity index (χ0n) is 10.4. The van der Waals surface area contributed by atoms with Gasteiger partial charge in [-0.2, -0.15) is 0 Å². The van der Waals surface area contributed by atoms with Gasteiger partial charge in [-0.3, -0.25) is 4.98 Å². The number of benzene rings is 1. The van der Waals surface area contributed by atoms with E-state index < -0.39 is 10.0 Å². The van der Waals surface area contributed by atoms with Crippen LogP contribution in [-0.2, 0) is 10.0 Å². The molecule has 0 radical (unpaired) electrons. The number of sulfonamides is 1. The number of nitrogens with zero attached hydrogens (tertiary/aromatic N) is 1. The number of rotatable bonds is 4. The second-order valence-corrected chi connectivity index (χ2v) is 7.04. The van der Waals surface area contributed by atoms with Crippen LogP contribution < -0.4 is 4.72 Å². The number of hydrogen-bond acceptors (Lipinski definition) is 3. The van der Waals surface area contributed by atoms with E-state index in [1.165, 1.54) is 0 Å². The Morgan fingerprint density at radius 3 is 2.89 bits per heavy atom. The van der Waals surface area contributed by atoms with Gasteiger partial charge in [-0.15, -0.1) is 0 Å². The topological polar surface area (TPSA) is 59.1 Å². The molecule has 6 heteroatoms. The second-order valence-electron chi connectivity index (χ2n) is 4.18. The molecule has 0 bridgehead atoms. The summed E-state index contributed by atoms with van der Waals surface area (Å²) in [5.74, 6) is 0. The number of hydrogen-bond donors (Lipinski definition) is 1. The molecule has 19 heavy (non-hydrogen) atoms. The van der Waals surface area contributed by atoms with Gasteiger partial charge in [0, 0.05) is 22.6 Å². The van der Waals surface area contributed by atoms with Crippen molar-refractivity contribution in [2.75, 3.05) is 6.54 Å². The molecule has 0 aliphatic heterocycles. The van der Waals surface area contributed by atoms with Crippen LogP contribution in [0.4, 0.5) is 0 Å². The summed E-state index contributed by atoms with van der Waals surface area (Å²) in [5.41, 5.74) is 1.46. The van der Waals surface area contributed by atoms with E-state index in [-0.39, 0.29) is 11.4 Å². The third-order valence-electron chi connectivity index (χ3n) is 2.55. The van der Waals surface area contributed by atoms with Crippen molar-refractivity contribution in [3.8, 4) is 0 Å². The first-order valence-corrected chi connectivity index (χ1v) is 7.86. The highest BCUT2D eigenvalue weighted by Crippen LogP contribution is 2.21. The minimum atomic E-state index is -3.60. The number of fused-ring (bicyclic) bond motifs is 1. The monoisotopic (exact) mass is 340 g/mol. The average Bonchev–Trinajstić information content (AvgIpc) is 2.35. The summed E-state index contributed by atoms with van der Waals surface area (Å²) >= 11 is 3.12. The van der Waals surface area contributed by atoms with Crippen molar-refractivity contribution in [3.63, 3.8) is 0 Å². The van der Waals surface area contributed by atoms with E-state index in [1.807, 2.05) is 19.1 Å². The van der Waals surface area contributed by atoms with Gasteiger partial charge in [0.15, 0.2) is 0 Å². The molecule has 0 atom stereocenters. The van der Waals surface area contributed by atoms with Crippen molar-refractivity contribution in [1.29, 1.82) is 0 Å². The molecule has 2 aromatic rings. The number of para-hydroxylation sites is 1. The summed E-state index contributed by atoms with van der Waals surface area (Å²) in [4.78, 5) is 4.40. The lowest BCUT2D eigenvalue weighted by Crippen LogP contribution is -2.25. The van der Waals surface area contributed by atoms with E-state index in [9.17, 15) is 8.42 Å². The van der Waals surface area contributed by atoms with Crippen LogP contribution >= 0.6 is 15.9 Å². The minimum absolute atomic E-state index is 0.143. The third kappa shape index (κ3) is 3.20. The Kier molecular flexibility index (Phi) is 4.03. The van der Waals surface area contributed by atoms with Gasteiger partial charge in [-0.1, -0.05) is 34.6 Å². The molecule has 1 N–H and O–H groups in total. The Hall–Kier alpha value is -1.24. The van der Waals surface area contributed by atoms with Crippen molar-refractivity contribution < 1.29 is 8.42 Å². The normalized spacial score (nSPS) is 11.7. The fourth-order valence-corrected chi connectivity index (χ4v) is 3.24. The van der Waals surface area contributed by atoms with Crippen molar-refractivity contribution in [2.45, 2.75) is 11.8 Å². The van der Waals surface area contributed by atoms with Gasteiger partial charge >= 0.3 is 0 Å². The molecule has 0 saturated heterocycles. The van der Waals surface area contributed by atoms with Gasteiger partial charge in [-0.25, -0.2) is 13.1 Å². The Balaban J connectivity index is 2.53. The second kappa shape index (κ2) is 5.40. The molecule has 1 heterocycles. The number of nitrogens with one attached hydrogen (secondary N) is 1. The average molecular weight is 341 g/mol. The molecule has 100 valence electrons. The molecular formula is C13H13BrN2O2S. The van der Waals surface area contributed by atoms with Crippen LogP contribution in [-0.4, -0.2) is 19.9 Å². The zero-order chi connectivity index (χ0) is 14.0. The summed E-state index contributed by atoms with van der Waals surface area (Å²) in [6.07, 6.45) is 1.66. The van der Waals surface area contributed by atoms with E-state index in [4.69, 9.17) is 0 Å². The predicted octanol–water partition coefficient (Wildman–Crippen LogP) is 2.73. The van der Waals surface area contributed by atoms with Crippen LogP contribution in [0.1, 0.15) is 5.56 Å². The quantitative estimate of drug-likeness (QED) is 0.930. The molecule has 0 aliphatic carbocycles. The molecule has 2 rings (SSSR count). The van der Waals surface area contributed by atoms with E-state index in [0.717, 1.165) is 10.9 Å². The van der Waals surface area contributed by atoms with Crippen molar-refractivity contribution in [2.24, 2.45) is 0 Å². The maximum atomic E-state index is 12.2. The molecule has 0 unspecified atom stereocenters. The molecule has 4 nitrogen and oxygen atoms in total. The largest absolute Gasteiger partial charge is 0.255 e. The van der Waals surface area contributed by atoms with Crippen LogP contribution in [0.15, 0.2) is 46.4 Å². The zero-order valence-corrected chi connectivity index (χ0v) is 12.8. The van der Waals surface area contributed by atoms with Crippen molar-refractivity contribution in [3.05, 3.63) is 47.1 Å². The molecule has 0 amide bonds. The fourth-order valence-electron chi connectivity index (χ4n) is 1.71. The number of pyridine rings is 1. The van der Waals surface area contributed by atoms with Gasteiger partial charge in [0.25, 0.3) is 0 Å². The number of aryl methyl sites for hydroxylation is 1. The van der Waals surface area contributed by atoms with Crippen LogP contribution in [0, 0.1) is 6.92 Å². The lowest BCUT2D eigenvalue weighted by molar-refractivity contribution is 0.586. The van der Waals surface area contributed by atoms with E-state index in [1.54, 1.807) is 18.3 Å². The Morgan fingerprint density at radius 1 is 1.47 bits per heavy atom. The maximum Gasteiger partial charge on any atom is 0.243 e. The standard InChI is InChI=1S/C13H13BrN2O2S/c1-9-6-11-4-3-5-12(13(11)15-7-9)19(17,18)16-8-10(2)14/h3-7,16H,2,8H2,1H3.